The summed E-state index contributed by atoms with van der Waals surface area (Å²) in [5.41, 5.74) is 3.67. The fraction of sp³-hybridized carbons (Fsp3) is 0.529. The van der Waals surface area contributed by atoms with Gasteiger partial charge in [-0.1, -0.05) is 5.92 Å². The number of nitrogens with zero attached hydrogens (tertiary/aromatic N) is 4. The lowest BCUT2D eigenvalue weighted by molar-refractivity contribution is -0.167. The van der Waals surface area contributed by atoms with Crippen molar-refractivity contribution in [2.24, 2.45) is 5.41 Å². The zero-order valence-corrected chi connectivity index (χ0v) is 15.1. The van der Waals surface area contributed by atoms with Crippen LogP contribution in [0.5, 0.6) is 0 Å². The van der Waals surface area contributed by atoms with Crippen molar-refractivity contribution in [3.05, 3.63) is 12.4 Å². The molecule has 0 bridgehead atoms. The van der Waals surface area contributed by atoms with Crippen molar-refractivity contribution in [1.82, 2.24) is 19.5 Å². The van der Waals surface area contributed by atoms with Crippen molar-refractivity contribution in [2.75, 3.05) is 12.3 Å². The molecule has 0 radical (unpaired) electrons. The van der Waals surface area contributed by atoms with E-state index in [-0.39, 0.29) is 23.4 Å². The largest absolute Gasteiger partial charge is 0.458 e. The number of aliphatic hydroxyl groups excluding tert-OH is 1. The van der Waals surface area contributed by atoms with Crippen LogP contribution in [0.25, 0.3) is 11.2 Å². The smallest absolute Gasteiger partial charge is 0.312 e. The van der Waals surface area contributed by atoms with Gasteiger partial charge in [0.2, 0.25) is 0 Å². The fourth-order valence-electron chi connectivity index (χ4n) is 2.79. The second kappa shape index (κ2) is 6.44. The summed E-state index contributed by atoms with van der Waals surface area (Å²) in [6.07, 6.45) is 4.32. The average Bonchev–Trinajstić information content (AvgIpc) is 3.15. The number of nitrogens with two attached hydrogens (primary N) is 1. The van der Waals surface area contributed by atoms with Crippen LogP contribution in [0.3, 0.4) is 0 Å². The van der Waals surface area contributed by atoms with E-state index in [0.29, 0.717) is 0 Å². The molecular formula is C17H20FN5O4. The molecular weight excluding hydrogens is 357 g/mol. The first-order chi connectivity index (χ1) is 12.6. The van der Waals surface area contributed by atoms with E-state index in [1.807, 2.05) is 0 Å². The molecule has 3 rings (SSSR count). The number of carbonyl (C=O) groups excluding carboxylic acids is 1. The Labute approximate surface area is 154 Å². The molecule has 27 heavy (non-hydrogen) atoms. The lowest BCUT2D eigenvalue weighted by atomic mass is 9.95. The zero-order valence-electron chi connectivity index (χ0n) is 15.1. The van der Waals surface area contributed by atoms with E-state index < -0.39 is 42.0 Å². The Hall–Kier alpha value is -2.77. The Bertz CT molecular complexity index is 932. The van der Waals surface area contributed by atoms with Gasteiger partial charge in [-0.25, -0.2) is 4.98 Å². The summed E-state index contributed by atoms with van der Waals surface area (Å²) in [5.74, 6) is 1.78. The van der Waals surface area contributed by atoms with E-state index in [4.69, 9.17) is 21.6 Å². The highest BCUT2D eigenvalue weighted by molar-refractivity contribution is 5.81. The van der Waals surface area contributed by atoms with E-state index in [2.05, 4.69) is 20.9 Å². The average molecular weight is 377 g/mol. The van der Waals surface area contributed by atoms with Crippen LogP contribution in [0.15, 0.2) is 6.33 Å². The second-order valence-electron chi connectivity index (χ2n) is 7.35. The summed E-state index contributed by atoms with van der Waals surface area (Å²) in [6.45, 7) is 4.53. The van der Waals surface area contributed by atoms with Crippen LogP contribution >= 0.6 is 0 Å². The highest BCUT2D eigenvalue weighted by Gasteiger charge is 2.51. The number of carbonyl (C=O) groups is 1. The molecule has 1 aliphatic rings. The van der Waals surface area contributed by atoms with E-state index in [9.17, 15) is 14.3 Å². The summed E-state index contributed by atoms with van der Waals surface area (Å²) >= 11 is 0. The minimum Gasteiger partial charge on any atom is -0.458 e. The Morgan fingerprint density at radius 3 is 2.89 bits per heavy atom. The van der Waals surface area contributed by atoms with Crippen molar-refractivity contribution in [3.63, 3.8) is 0 Å². The Morgan fingerprint density at radius 1 is 1.59 bits per heavy atom. The lowest BCUT2D eigenvalue weighted by Gasteiger charge is -2.29. The molecule has 1 fully saturated rings. The van der Waals surface area contributed by atoms with Crippen LogP contribution in [-0.2, 0) is 14.3 Å². The van der Waals surface area contributed by atoms with E-state index in [1.165, 1.54) is 10.9 Å². The van der Waals surface area contributed by atoms with Gasteiger partial charge in [-0.2, -0.15) is 14.4 Å². The molecule has 3 heterocycles. The number of esters is 1. The predicted molar refractivity (Wildman–Crippen MR) is 92.4 cm³/mol. The maximum Gasteiger partial charge on any atom is 0.312 e. The van der Waals surface area contributed by atoms with Crippen LogP contribution in [0, 0.1) is 23.8 Å². The van der Waals surface area contributed by atoms with E-state index >= 15 is 0 Å². The topological polar surface area (TPSA) is 125 Å². The van der Waals surface area contributed by atoms with Gasteiger partial charge in [0.15, 0.2) is 22.6 Å². The van der Waals surface area contributed by atoms with Crippen LogP contribution < -0.4 is 5.73 Å². The zero-order chi connectivity index (χ0) is 20.0. The summed E-state index contributed by atoms with van der Waals surface area (Å²) in [7, 11) is 0. The van der Waals surface area contributed by atoms with Gasteiger partial charge in [0.05, 0.1) is 18.3 Å². The first-order valence-electron chi connectivity index (χ1n) is 8.24. The van der Waals surface area contributed by atoms with Gasteiger partial charge in [-0.3, -0.25) is 9.36 Å². The van der Waals surface area contributed by atoms with Gasteiger partial charge in [-0.15, -0.1) is 6.42 Å². The fourth-order valence-corrected chi connectivity index (χ4v) is 2.79. The number of imidazole rings is 1. The molecule has 3 N–H and O–H groups in total. The monoisotopic (exact) mass is 377 g/mol. The molecule has 0 aliphatic carbocycles. The minimum absolute atomic E-state index is 0.108. The SMILES string of the molecule is C#C[C@]1(CO)O[C@@H](n2cnc3c(N)nc(F)nc32)C[C@@H]1OC(=O)C(C)(C)C. The lowest BCUT2D eigenvalue weighted by Crippen LogP contribution is -2.45. The molecule has 0 amide bonds. The third kappa shape index (κ3) is 3.20. The first kappa shape index (κ1) is 19.0. The van der Waals surface area contributed by atoms with Gasteiger partial charge in [0.1, 0.15) is 12.3 Å². The maximum atomic E-state index is 13.6. The number of halogens is 1. The van der Waals surface area contributed by atoms with Crippen molar-refractivity contribution in [3.8, 4) is 12.3 Å². The normalized spacial score (nSPS) is 25.5. The number of nitrogen functional groups attached to an aromatic ring is 1. The Morgan fingerprint density at radius 2 is 2.30 bits per heavy atom. The van der Waals surface area contributed by atoms with Gasteiger partial charge >= 0.3 is 12.0 Å². The highest BCUT2D eigenvalue weighted by Crippen LogP contribution is 2.40. The maximum absolute atomic E-state index is 13.6. The van der Waals surface area contributed by atoms with Gasteiger partial charge in [0, 0.05) is 6.42 Å². The molecule has 1 aliphatic heterocycles. The molecule has 144 valence electrons. The molecule has 9 nitrogen and oxygen atoms in total. The summed E-state index contributed by atoms with van der Waals surface area (Å²) in [6, 6.07) is 0. The third-order valence-corrected chi connectivity index (χ3v) is 4.35. The number of hydrogen-bond acceptors (Lipinski definition) is 8. The number of rotatable bonds is 3. The van der Waals surface area contributed by atoms with Gasteiger partial charge < -0.3 is 20.3 Å². The number of aliphatic hydroxyl groups is 1. The number of terminal acetylenes is 1. The molecule has 2 aromatic rings. The number of hydrogen-bond donors (Lipinski definition) is 2. The van der Waals surface area contributed by atoms with Crippen LogP contribution in [0.4, 0.5) is 10.2 Å². The van der Waals surface area contributed by atoms with Gasteiger partial charge in [0.25, 0.3) is 0 Å². The van der Waals surface area contributed by atoms with Crippen LogP contribution in [0.1, 0.15) is 33.4 Å². The number of fused-ring (bicyclic) bond motifs is 1. The molecule has 1 saturated heterocycles. The Kier molecular flexibility index (Phi) is 4.53. The molecule has 0 aromatic carbocycles. The summed E-state index contributed by atoms with van der Waals surface area (Å²) in [4.78, 5) is 23.5. The molecule has 0 unspecified atom stereocenters. The molecule has 3 atom stereocenters. The van der Waals surface area contributed by atoms with Crippen molar-refractivity contribution < 1.29 is 23.8 Å². The molecule has 0 spiro atoms. The highest BCUT2D eigenvalue weighted by atomic mass is 19.1. The first-order valence-corrected chi connectivity index (χ1v) is 8.24. The van der Waals surface area contributed by atoms with Crippen LogP contribution in [0.2, 0.25) is 0 Å². The van der Waals surface area contributed by atoms with Gasteiger partial charge in [-0.05, 0) is 20.8 Å². The molecule has 2 aromatic heterocycles. The Balaban J connectivity index is 1.98. The second-order valence-corrected chi connectivity index (χ2v) is 7.35. The van der Waals surface area contributed by atoms with Crippen molar-refractivity contribution in [1.29, 1.82) is 0 Å². The van der Waals surface area contributed by atoms with E-state index in [0.717, 1.165) is 0 Å². The third-order valence-electron chi connectivity index (χ3n) is 4.35. The number of ether oxygens (including phenoxy) is 2. The predicted octanol–water partition coefficient (Wildman–Crippen LogP) is 0.789. The number of anilines is 1. The number of aromatic nitrogens is 4. The summed E-state index contributed by atoms with van der Waals surface area (Å²) in [5, 5.41) is 9.83. The van der Waals surface area contributed by atoms with Crippen molar-refractivity contribution in [2.45, 2.75) is 45.1 Å². The van der Waals surface area contributed by atoms with Crippen LogP contribution in [-0.4, -0.2) is 48.9 Å². The van der Waals surface area contributed by atoms with Crippen molar-refractivity contribution >= 4 is 23.0 Å². The molecule has 10 heteroatoms. The van der Waals surface area contributed by atoms with E-state index in [1.54, 1.807) is 20.8 Å². The molecule has 0 saturated carbocycles. The minimum atomic E-state index is -1.54. The summed E-state index contributed by atoms with van der Waals surface area (Å²) < 4.78 is 26.4. The standard InChI is InChI=1S/C17H20FN5O4/c1-5-17(7-24)9(26-14(25)16(2,3)4)6-10(27-17)23-8-20-11-12(19)21-15(18)22-13(11)23/h1,8-10,24H,6-7H2,2-4H3,(H2,19,21,22)/t9-,10+,17+/m0/s1. The quantitative estimate of drug-likeness (QED) is 0.457.